The second-order valence-corrected chi connectivity index (χ2v) is 5.88. The van der Waals surface area contributed by atoms with Crippen molar-refractivity contribution < 1.29 is 5.11 Å². The van der Waals surface area contributed by atoms with E-state index in [0.717, 1.165) is 43.6 Å². The number of nitrogens with one attached hydrogen (secondary N) is 2. The molecule has 0 spiro atoms. The molecular formula is C17H23N3O. The van der Waals surface area contributed by atoms with Crippen LogP contribution < -0.4 is 5.32 Å². The van der Waals surface area contributed by atoms with Crippen LogP contribution in [0.3, 0.4) is 0 Å². The first kappa shape index (κ1) is 14.3. The lowest BCUT2D eigenvalue weighted by Gasteiger charge is -2.27. The number of aromatic amines is 1. The van der Waals surface area contributed by atoms with E-state index in [9.17, 15) is 5.11 Å². The van der Waals surface area contributed by atoms with Crippen LogP contribution in [-0.2, 0) is 6.54 Å². The van der Waals surface area contributed by atoms with E-state index in [4.69, 9.17) is 0 Å². The van der Waals surface area contributed by atoms with Crippen molar-refractivity contribution >= 4 is 0 Å². The topological polar surface area (TPSA) is 60.9 Å². The lowest BCUT2D eigenvalue weighted by Crippen LogP contribution is -2.33. The van der Waals surface area contributed by atoms with Gasteiger partial charge in [0.25, 0.3) is 0 Å². The van der Waals surface area contributed by atoms with E-state index in [1.54, 1.807) is 0 Å². The summed E-state index contributed by atoms with van der Waals surface area (Å²) in [5.74, 6) is 0.394. The fraction of sp³-hybridized carbons (Fsp3) is 0.471. The molecule has 2 atom stereocenters. The van der Waals surface area contributed by atoms with Gasteiger partial charge in [-0.3, -0.25) is 5.10 Å². The number of aliphatic hydroxyl groups excluding tert-OH is 1. The first-order chi connectivity index (χ1) is 10.3. The monoisotopic (exact) mass is 285 g/mol. The minimum atomic E-state index is -0.135. The average Bonchev–Trinajstić information content (AvgIpc) is 2.99. The Morgan fingerprint density at radius 2 is 2.00 bits per heavy atom. The molecule has 3 N–H and O–H groups in total. The third-order valence-electron chi connectivity index (χ3n) is 4.37. The van der Waals surface area contributed by atoms with Crippen molar-refractivity contribution in [3.8, 4) is 11.3 Å². The summed E-state index contributed by atoms with van der Waals surface area (Å²) < 4.78 is 0. The lowest BCUT2D eigenvalue weighted by atomic mass is 9.86. The number of hydrogen-bond donors (Lipinski definition) is 3. The van der Waals surface area contributed by atoms with Gasteiger partial charge < -0.3 is 10.4 Å². The number of hydrogen-bond acceptors (Lipinski definition) is 3. The van der Waals surface area contributed by atoms with E-state index in [-0.39, 0.29) is 6.10 Å². The maximum Gasteiger partial charge on any atom is 0.0695 e. The first-order valence-corrected chi connectivity index (χ1v) is 7.81. The van der Waals surface area contributed by atoms with Crippen molar-refractivity contribution in [3.63, 3.8) is 0 Å². The van der Waals surface area contributed by atoms with Gasteiger partial charge in [-0.15, -0.1) is 0 Å². The molecule has 3 rings (SSSR count). The van der Waals surface area contributed by atoms with Crippen molar-refractivity contribution in [2.24, 2.45) is 5.92 Å². The van der Waals surface area contributed by atoms with Gasteiger partial charge >= 0.3 is 0 Å². The third kappa shape index (κ3) is 3.52. The zero-order chi connectivity index (χ0) is 14.5. The van der Waals surface area contributed by atoms with Gasteiger partial charge in [0.1, 0.15) is 0 Å². The summed E-state index contributed by atoms with van der Waals surface area (Å²) in [7, 11) is 0. The fourth-order valence-corrected chi connectivity index (χ4v) is 3.12. The highest BCUT2D eigenvalue weighted by Crippen LogP contribution is 2.24. The maximum atomic E-state index is 10.0. The van der Waals surface area contributed by atoms with Crippen LogP contribution in [0.1, 0.15) is 31.2 Å². The molecule has 0 saturated heterocycles. The lowest BCUT2D eigenvalue weighted by molar-refractivity contribution is 0.0695. The highest BCUT2D eigenvalue weighted by atomic mass is 16.3. The average molecular weight is 285 g/mol. The second kappa shape index (κ2) is 6.87. The maximum absolute atomic E-state index is 10.0. The predicted molar refractivity (Wildman–Crippen MR) is 83.7 cm³/mol. The quantitative estimate of drug-likeness (QED) is 0.791. The summed E-state index contributed by atoms with van der Waals surface area (Å²) in [6, 6.07) is 10.3. The Morgan fingerprint density at radius 1 is 1.19 bits per heavy atom. The van der Waals surface area contributed by atoms with Crippen LogP contribution in [0.15, 0.2) is 36.5 Å². The Labute approximate surface area is 125 Å². The number of rotatable bonds is 5. The van der Waals surface area contributed by atoms with Crippen LogP contribution in [0.4, 0.5) is 0 Å². The van der Waals surface area contributed by atoms with Crippen molar-refractivity contribution in [2.75, 3.05) is 6.54 Å². The van der Waals surface area contributed by atoms with Gasteiger partial charge in [0, 0.05) is 18.7 Å². The molecule has 1 aromatic carbocycles. The van der Waals surface area contributed by atoms with E-state index >= 15 is 0 Å². The van der Waals surface area contributed by atoms with E-state index in [0.29, 0.717) is 5.92 Å². The van der Waals surface area contributed by atoms with Crippen LogP contribution in [0.2, 0.25) is 0 Å². The van der Waals surface area contributed by atoms with Crippen LogP contribution in [0.5, 0.6) is 0 Å². The van der Waals surface area contributed by atoms with Crippen molar-refractivity contribution in [2.45, 2.75) is 38.3 Å². The Balaban J connectivity index is 1.58. The minimum Gasteiger partial charge on any atom is -0.393 e. The molecule has 2 aromatic rings. The van der Waals surface area contributed by atoms with E-state index < -0.39 is 0 Å². The zero-order valence-electron chi connectivity index (χ0n) is 12.3. The van der Waals surface area contributed by atoms with Gasteiger partial charge in [-0.05, 0) is 24.3 Å². The molecule has 4 heteroatoms. The molecule has 21 heavy (non-hydrogen) atoms. The molecular weight excluding hydrogens is 262 g/mol. The number of aliphatic hydroxyl groups is 1. The highest BCUT2D eigenvalue weighted by Gasteiger charge is 2.22. The molecule has 2 unspecified atom stereocenters. The second-order valence-electron chi connectivity index (χ2n) is 5.88. The Kier molecular flexibility index (Phi) is 4.68. The van der Waals surface area contributed by atoms with Crippen molar-refractivity contribution in [1.29, 1.82) is 0 Å². The van der Waals surface area contributed by atoms with Gasteiger partial charge in [0.05, 0.1) is 18.0 Å². The van der Waals surface area contributed by atoms with E-state index in [1.807, 2.05) is 24.4 Å². The van der Waals surface area contributed by atoms with E-state index in [2.05, 4.69) is 27.6 Å². The smallest absolute Gasteiger partial charge is 0.0695 e. The highest BCUT2D eigenvalue weighted by molar-refractivity contribution is 5.62. The molecule has 1 saturated carbocycles. The molecule has 1 aliphatic carbocycles. The van der Waals surface area contributed by atoms with Crippen LogP contribution in [0.25, 0.3) is 11.3 Å². The van der Waals surface area contributed by atoms with Gasteiger partial charge in [-0.25, -0.2) is 0 Å². The molecule has 1 heterocycles. The Bertz CT molecular complexity index is 552. The molecule has 0 radical (unpaired) electrons. The molecule has 0 amide bonds. The normalized spacial score (nSPS) is 22.3. The Morgan fingerprint density at radius 3 is 2.81 bits per heavy atom. The number of nitrogens with zero attached hydrogens (tertiary/aromatic N) is 1. The molecule has 1 aliphatic rings. The summed E-state index contributed by atoms with van der Waals surface area (Å²) in [5.41, 5.74) is 3.41. The summed E-state index contributed by atoms with van der Waals surface area (Å²) in [6.45, 7) is 1.66. The van der Waals surface area contributed by atoms with Crippen LogP contribution in [-0.4, -0.2) is 28.0 Å². The largest absolute Gasteiger partial charge is 0.393 e. The molecule has 112 valence electrons. The van der Waals surface area contributed by atoms with Gasteiger partial charge in [-0.2, -0.15) is 5.10 Å². The molecule has 1 fully saturated rings. The zero-order valence-corrected chi connectivity index (χ0v) is 12.3. The SMILES string of the molecule is OC1CCCCC1CNCc1cn[nH]c1-c1ccccc1. The summed E-state index contributed by atoms with van der Waals surface area (Å²) in [4.78, 5) is 0. The van der Waals surface area contributed by atoms with Crippen molar-refractivity contribution in [1.82, 2.24) is 15.5 Å². The fourth-order valence-electron chi connectivity index (χ4n) is 3.12. The third-order valence-corrected chi connectivity index (χ3v) is 4.37. The Hall–Kier alpha value is -1.65. The van der Waals surface area contributed by atoms with Crippen LogP contribution in [0, 0.1) is 5.92 Å². The van der Waals surface area contributed by atoms with Gasteiger partial charge in [-0.1, -0.05) is 43.2 Å². The molecule has 1 aromatic heterocycles. The summed E-state index contributed by atoms with van der Waals surface area (Å²) >= 11 is 0. The van der Waals surface area contributed by atoms with Crippen LogP contribution >= 0.6 is 0 Å². The molecule has 0 aliphatic heterocycles. The standard InChI is InChI=1S/C17H23N3O/c21-16-9-5-4-8-14(16)10-18-11-15-12-19-20-17(15)13-6-2-1-3-7-13/h1-3,6-7,12,14,16,18,21H,4-5,8-11H2,(H,19,20). The van der Waals surface area contributed by atoms with E-state index in [1.165, 1.54) is 12.0 Å². The minimum absolute atomic E-state index is 0.135. The summed E-state index contributed by atoms with van der Waals surface area (Å²) in [6.07, 6.45) is 6.23. The van der Waals surface area contributed by atoms with Gasteiger partial charge in [0.15, 0.2) is 0 Å². The number of H-pyrrole nitrogens is 1. The molecule has 0 bridgehead atoms. The predicted octanol–water partition coefficient (Wildman–Crippen LogP) is 2.72. The van der Waals surface area contributed by atoms with Gasteiger partial charge in [0.2, 0.25) is 0 Å². The summed E-state index contributed by atoms with van der Waals surface area (Å²) in [5, 5.41) is 20.7. The number of benzene rings is 1. The van der Waals surface area contributed by atoms with Crippen molar-refractivity contribution in [3.05, 3.63) is 42.1 Å². The number of aromatic nitrogens is 2. The molecule has 4 nitrogen and oxygen atoms in total. The first-order valence-electron chi connectivity index (χ1n) is 7.81.